The fourth-order valence-corrected chi connectivity index (χ4v) is 1.35. The number of aryl methyl sites for hydroxylation is 1. The van der Waals surface area contributed by atoms with Gasteiger partial charge in [0.15, 0.2) is 0 Å². The highest BCUT2D eigenvalue weighted by Crippen LogP contribution is 2.21. The summed E-state index contributed by atoms with van der Waals surface area (Å²) in [6.07, 6.45) is 0. The van der Waals surface area contributed by atoms with Crippen LogP contribution in [0.5, 0.6) is 0 Å². The second kappa shape index (κ2) is 5.03. The topological polar surface area (TPSA) is 79.5 Å². The van der Waals surface area contributed by atoms with E-state index in [2.05, 4.69) is 5.32 Å². The van der Waals surface area contributed by atoms with Crippen molar-refractivity contribution >= 4 is 11.9 Å². The third kappa shape index (κ3) is 3.09. The van der Waals surface area contributed by atoms with Crippen LogP contribution in [0.15, 0.2) is 10.5 Å². The third-order valence-electron chi connectivity index (χ3n) is 2.47. The number of hydrogen-bond acceptors (Lipinski definition) is 3. The molecular weight excluding hydrogens is 222 g/mol. The lowest BCUT2D eigenvalue weighted by molar-refractivity contribution is -0.138. The monoisotopic (exact) mass is 239 g/mol. The molecule has 1 heterocycles. The highest BCUT2D eigenvalue weighted by molar-refractivity contribution is 5.97. The first-order chi connectivity index (χ1) is 7.82. The van der Waals surface area contributed by atoms with Gasteiger partial charge in [0.05, 0.1) is 5.56 Å². The summed E-state index contributed by atoms with van der Waals surface area (Å²) in [4.78, 5) is 22.4. The van der Waals surface area contributed by atoms with Crippen molar-refractivity contribution in [3.63, 3.8) is 0 Å². The first-order valence-corrected chi connectivity index (χ1v) is 5.47. The number of hydrogen-bond donors (Lipinski definition) is 2. The molecule has 0 aliphatic heterocycles. The molecule has 94 valence electrons. The molecule has 5 nitrogen and oxygen atoms in total. The van der Waals surface area contributed by atoms with Crippen LogP contribution in [0.25, 0.3) is 0 Å². The molecule has 0 fully saturated rings. The maximum Gasteiger partial charge on any atom is 0.325 e. The summed E-state index contributed by atoms with van der Waals surface area (Å²) in [6.45, 7) is 7.02. The first kappa shape index (κ1) is 13.3. The predicted octanol–water partition coefficient (Wildman–Crippen LogP) is 1.91. The number of carboxylic acids is 1. The molecule has 0 saturated carbocycles. The van der Waals surface area contributed by atoms with Crippen molar-refractivity contribution < 1.29 is 19.1 Å². The number of carbonyl (C=O) groups is 2. The highest BCUT2D eigenvalue weighted by Gasteiger charge is 2.20. The minimum atomic E-state index is -1.07. The van der Waals surface area contributed by atoms with Crippen LogP contribution in [0.2, 0.25) is 0 Å². The summed E-state index contributed by atoms with van der Waals surface area (Å²) in [5.74, 6) is -0.0804. The lowest BCUT2D eigenvalue weighted by Crippen LogP contribution is -2.38. The van der Waals surface area contributed by atoms with Gasteiger partial charge in [-0.05, 0) is 19.9 Å². The Balaban J connectivity index is 2.86. The smallest absolute Gasteiger partial charge is 0.325 e. The molecule has 0 unspecified atom stereocenters. The van der Waals surface area contributed by atoms with E-state index in [0.717, 1.165) is 5.76 Å². The van der Waals surface area contributed by atoms with Crippen LogP contribution >= 0.6 is 0 Å². The lowest BCUT2D eigenvalue weighted by Gasteiger charge is -2.07. The third-order valence-corrected chi connectivity index (χ3v) is 2.47. The molecule has 0 bridgehead atoms. The molecule has 0 aliphatic rings. The molecule has 0 aliphatic carbocycles. The summed E-state index contributed by atoms with van der Waals surface area (Å²) in [5, 5.41) is 11.1. The first-order valence-electron chi connectivity index (χ1n) is 5.47. The van der Waals surface area contributed by atoms with Crippen molar-refractivity contribution in [1.29, 1.82) is 0 Å². The van der Waals surface area contributed by atoms with Gasteiger partial charge in [0.1, 0.15) is 17.6 Å². The quantitative estimate of drug-likeness (QED) is 0.841. The van der Waals surface area contributed by atoms with Crippen LogP contribution in [0.3, 0.4) is 0 Å². The van der Waals surface area contributed by atoms with Crippen molar-refractivity contribution in [1.82, 2.24) is 5.32 Å². The summed E-state index contributed by atoms with van der Waals surface area (Å²) in [5.41, 5.74) is 0.391. The Morgan fingerprint density at radius 3 is 2.35 bits per heavy atom. The molecule has 0 aromatic carbocycles. The maximum absolute atomic E-state index is 11.8. The Kier molecular flexibility index (Phi) is 3.93. The molecule has 1 amide bonds. The van der Waals surface area contributed by atoms with Gasteiger partial charge in [0.2, 0.25) is 0 Å². The van der Waals surface area contributed by atoms with Gasteiger partial charge < -0.3 is 14.8 Å². The van der Waals surface area contributed by atoms with Gasteiger partial charge in [0, 0.05) is 5.92 Å². The van der Waals surface area contributed by atoms with E-state index in [1.165, 1.54) is 6.92 Å². The van der Waals surface area contributed by atoms with Crippen molar-refractivity contribution in [3.8, 4) is 0 Å². The molecule has 5 heteroatoms. The number of rotatable bonds is 4. The van der Waals surface area contributed by atoms with Crippen molar-refractivity contribution in [2.75, 3.05) is 0 Å². The van der Waals surface area contributed by atoms with Crippen LogP contribution < -0.4 is 5.32 Å². The molecule has 1 aromatic heterocycles. The summed E-state index contributed by atoms with van der Waals surface area (Å²) in [7, 11) is 0. The average molecular weight is 239 g/mol. The Hall–Kier alpha value is -1.78. The van der Waals surface area contributed by atoms with E-state index in [0.29, 0.717) is 11.3 Å². The number of nitrogens with one attached hydrogen (secondary N) is 1. The van der Waals surface area contributed by atoms with Gasteiger partial charge in [-0.25, -0.2) is 0 Å². The van der Waals surface area contributed by atoms with E-state index in [4.69, 9.17) is 9.52 Å². The molecule has 0 radical (unpaired) electrons. The normalized spacial score (nSPS) is 12.5. The maximum atomic E-state index is 11.8. The van der Waals surface area contributed by atoms with Crippen LogP contribution in [-0.2, 0) is 4.79 Å². The summed E-state index contributed by atoms with van der Waals surface area (Å²) < 4.78 is 5.43. The van der Waals surface area contributed by atoms with E-state index in [9.17, 15) is 9.59 Å². The molecule has 1 atom stereocenters. The van der Waals surface area contributed by atoms with Gasteiger partial charge in [0.25, 0.3) is 5.91 Å². The fourth-order valence-electron chi connectivity index (χ4n) is 1.35. The zero-order valence-electron chi connectivity index (χ0n) is 10.4. The van der Waals surface area contributed by atoms with Gasteiger partial charge in [-0.1, -0.05) is 13.8 Å². The zero-order valence-corrected chi connectivity index (χ0v) is 10.4. The van der Waals surface area contributed by atoms with Gasteiger partial charge in [-0.3, -0.25) is 9.59 Å². The molecule has 0 spiro atoms. The van der Waals surface area contributed by atoms with Crippen molar-refractivity contribution in [2.24, 2.45) is 0 Å². The largest absolute Gasteiger partial charge is 0.480 e. The Labute approximate surface area is 99.8 Å². The number of carbonyl (C=O) groups excluding carboxylic acids is 1. The number of furan rings is 1. The van der Waals surface area contributed by atoms with Gasteiger partial charge in [-0.2, -0.15) is 0 Å². The highest BCUT2D eigenvalue weighted by atomic mass is 16.4. The van der Waals surface area contributed by atoms with E-state index >= 15 is 0 Å². The zero-order chi connectivity index (χ0) is 13.2. The lowest BCUT2D eigenvalue weighted by atomic mass is 10.1. The molecular formula is C12H17NO4. The van der Waals surface area contributed by atoms with Gasteiger partial charge >= 0.3 is 5.97 Å². The SMILES string of the molecule is Cc1oc(C(C)C)cc1C(=O)N[C@@H](C)C(=O)O. The Morgan fingerprint density at radius 1 is 1.35 bits per heavy atom. The van der Waals surface area contributed by atoms with Crippen molar-refractivity contribution in [3.05, 3.63) is 23.2 Å². The van der Waals surface area contributed by atoms with Crippen molar-refractivity contribution in [2.45, 2.75) is 39.7 Å². The molecule has 1 aromatic rings. The van der Waals surface area contributed by atoms with Gasteiger partial charge in [-0.15, -0.1) is 0 Å². The van der Waals surface area contributed by atoms with E-state index in [-0.39, 0.29) is 5.92 Å². The molecule has 17 heavy (non-hydrogen) atoms. The minimum Gasteiger partial charge on any atom is -0.480 e. The van der Waals surface area contributed by atoms with E-state index in [1.807, 2.05) is 13.8 Å². The predicted molar refractivity (Wildman–Crippen MR) is 62.1 cm³/mol. The number of aliphatic carboxylic acids is 1. The number of amides is 1. The molecule has 1 rings (SSSR count). The van der Waals surface area contributed by atoms with E-state index in [1.54, 1.807) is 13.0 Å². The average Bonchev–Trinajstić information content (AvgIpc) is 2.60. The van der Waals surface area contributed by atoms with E-state index < -0.39 is 17.9 Å². The molecule has 2 N–H and O–H groups in total. The summed E-state index contributed by atoms with van der Waals surface area (Å²) in [6, 6.07) is 0.739. The fraction of sp³-hybridized carbons (Fsp3) is 0.500. The Bertz CT molecular complexity index is 434. The molecule has 0 saturated heterocycles. The second-order valence-electron chi connectivity index (χ2n) is 4.31. The minimum absolute atomic E-state index is 0.187. The summed E-state index contributed by atoms with van der Waals surface area (Å²) >= 11 is 0. The van der Waals surface area contributed by atoms with Crippen LogP contribution in [0.4, 0.5) is 0 Å². The van der Waals surface area contributed by atoms with Crippen LogP contribution in [-0.4, -0.2) is 23.0 Å². The number of carboxylic acid groups (broad SMARTS) is 1. The second-order valence-corrected chi connectivity index (χ2v) is 4.31. The Morgan fingerprint density at radius 2 is 1.94 bits per heavy atom. The van der Waals surface area contributed by atoms with Crippen LogP contribution in [0, 0.1) is 6.92 Å². The van der Waals surface area contributed by atoms with Crippen LogP contribution in [0.1, 0.15) is 48.6 Å². The standard InChI is InChI=1S/C12H17NO4/c1-6(2)10-5-9(8(4)17-10)11(14)13-7(3)12(15)16/h5-7H,1-4H3,(H,13,14)(H,15,16)/t7-/m0/s1.